The third-order valence-electron chi connectivity index (χ3n) is 4.49. The predicted octanol–water partition coefficient (Wildman–Crippen LogP) is 1.18. The summed E-state index contributed by atoms with van der Waals surface area (Å²) in [7, 11) is 0. The molecule has 5 nitrogen and oxygen atoms in total. The molecule has 0 radical (unpaired) electrons. The van der Waals surface area contributed by atoms with Crippen molar-refractivity contribution in [2.75, 3.05) is 6.61 Å². The molecule has 2 aromatic carbocycles. The lowest BCUT2D eigenvalue weighted by Crippen LogP contribution is -2.55. The molecule has 1 saturated heterocycles. The van der Waals surface area contributed by atoms with Crippen LogP contribution in [0.3, 0.4) is 0 Å². The van der Waals surface area contributed by atoms with Crippen LogP contribution in [0.25, 0.3) is 11.1 Å². The van der Waals surface area contributed by atoms with Gasteiger partial charge in [-0.05, 0) is 29.7 Å². The number of aryl methyl sites for hydroxylation is 1. The molecule has 1 aliphatic rings. The third-order valence-corrected chi connectivity index (χ3v) is 4.49. The van der Waals surface area contributed by atoms with Gasteiger partial charge in [-0.25, -0.2) is 0 Å². The summed E-state index contributed by atoms with van der Waals surface area (Å²) in [6.45, 7) is 1.59. The van der Waals surface area contributed by atoms with E-state index in [0.717, 1.165) is 11.1 Å². The van der Waals surface area contributed by atoms with Gasteiger partial charge in [0.2, 0.25) is 0 Å². The Hall–Kier alpha value is -1.76. The van der Waals surface area contributed by atoms with E-state index in [4.69, 9.17) is 4.74 Å². The van der Waals surface area contributed by atoms with Gasteiger partial charge >= 0.3 is 0 Å². The van der Waals surface area contributed by atoms with Crippen molar-refractivity contribution in [3.63, 3.8) is 0 Å². The average Bonchev–Trinajstić information content (AvgIpc) is 2.61. The van der Waals surface area contributed by atoms with Crippen LogP contribution in [0.1, 0.15) is 17.2 Å². The topological polar surface area (TPSA) is 90.2 Å². The molecule has 0 saturated carbocycles. The van der Waals surface area contributed by atoms with Crippen LogP contribution in [-0.2, 0) is 4.74 Å². The average molecular weight is 330 g/mol. The minimum absolute atomic E-state index is 0.431. The standard InChI is InChI=1S/C19H22O5/c1-11-5-7-12(8-6-11)13-3-2-4-14(9-13)19-18(23)17(22)16(21)15(10-20)24-19/h2-9,15-23H,10H2,1H3/t15-,16-,17+,18-,19+/m1/s1. The lowest BCUT2D eigenvalue weighted by Gasteiger charge is -2.40. The lowest BCUT2D eigenvalue weighted by molar-refractivity contribution is -0.231. The van der Waals surface area contributed by atoms with E-state index in [9.17, 15) is 20.4 Å². The monoisotopic (exact) mass is 330 g/mol. The molecule has 0 aromatic heterocycles. The maximum Gasteiger partial charge on any atom is 0.113 e. The molecule has 0 spiro atoms. The molecule has 0 amide bonds. The molecule has 5 heteroatoms. The summed E-state index contributed by atoms with van der Waals surface area (Å²) >= 11 is 0. The maximum atomic E-state index is 10.3. The Morgan fingerprint density at radius 3 is 2.25 bits per heavy atom. The van der Waals surface area contributed by atoms with Crippen molar-refractivity contribution in [2.45, 2.75) is 37.4 Å². The normalized spacial score (nSPS) is 30.3. The van der Waals surface area contributed by atoms with Crippen LogP contribution in [0.15, 0.2) is 48.5 Å². The number of hydrogen-bond donors (Lipinski definition) is 4. The zero-order valence-electron chi connectivity index (χ0n) is 13.4. The second-order valence-electron chi connectivity index (χ2n) is 6.24. The van der Waals surface area contributed by atoms with Crippen LogP contribution in [0.5, 0.6) is 0 Å². The molecule has 1 aliphatic heterocycles. The number of ether oxygens (including phenoxy) is 1. The first-order valence-corrected chi connectivity index (χ1v) is 7.99. The van der Waals surface area contributed by atoms with Gasteiger partial charge in [0.25, 0.3) is 0 Å². The SMILES string of the molecule is Cc1ccc(-c2cccc([C@@H]3O[C@H](CO)[C@@H](O)[C@H](O)[C@H]3O)c2)cc1. The van der Waals surface area contributed by atoms with Crippen molar-refractivity contribution in [3.05, 3.63) is 59.7 Å². The van der Waals surface area contributed by atoms with Crippen LogP contribution < -0.4 is 0 Å². The molecule has 4 N–H and O–H groups in total. The molecule has 0 unspecified atom stereocenters. The number of aliphatic hydroxyl groups is 4. The summed E-state index contributed by atoms with van der Waals surface area (Å²) < 4.78 is 5.62. The highest BCUT2D eigenvalue weighted by Gasteiger charge is 2.43. The largest absolute Gasteiger partial charge is 0.394 e. The van der Waals surface area contributed by atoms with E-state index in [1.54, 1.807) is 6.07 Å². The molecule has 0 bridgehead atoms. The first-order chi connectivity index (χ1) is 11.5. The molecule has 0 aliphatic carbocycles. The zero-order chi connectivity index (χ0) is 17.3. The summed E-state index contributed by atoms with van der Waals surface area (Å²) in [4.78, 5) is 0. The van der Waals surface area contributed by atoms with E-state index in [0.29, 0.717) is 5.56 Å². The first-order valence-electron chi connectivity index (χ1n) is 7.99. The van der Waals surface area contributed by atoms with Gasteiger partial charge in [0.1, 0.15) is 30.5 Å². The van der Waals surface area contributed by atoms with Crippen LogP contribution in [0, 0.1) is 6.92 Å². The summed E-state index contributed by atoms with van der Waals surface area (Å²) in [5.74, 6) is 0. The summed E-state index contributed by atoms with van der Waals surface area (Å²) in [6.07, 6.45) is -5.70. The Morgan fingerprint density at radius 2 is 1.58 bits per heavy atom. The summed E-state index contributed by atoms with van der Waals surface area (Å²) in [5.41, 5.74) is 3.85. The number of benzene rings is 2. The van der Waals surface area contributed by atoms with Crippen molar-refractivity contribution in [3.8, 4) is 11.1 Å². The van der Waals surface area contributed by atoms with Crippen LogP contribution in [0.4, 0.5) is 0 Å². The van der Waals surface area contributed by atoms with Crippen LogP contribution in [-0.4, -0.2) is 51.4 Å². The molecule has 24 heavy (non-hydrogen) atoms. The van der Waals surface area contributed by atoms with Crippen LogP contribution >= 0.6 is 0 Å². The number of aliphatic hydroxyl groups excluding tert-OH is 4. The molecular weight excluding hydrogens is 308 g/mol. The Morgan fingerprint density at radius 1 is 0.875 bits per heavy atom. The van der Waals surface area contributed by atoms with E-state index in [1.807, 2.05) is 49.4 Å². The van der Waals surface area contributed by atoms with Gasteiger partial charge < -0.3 is 25.2 Å². The Bertz CT molecular complexity index is 682. The molecule has 1 fully saturated rings. The van der Waals surface area contributed by atoms with Crippen molar-refractivity contribution >= 4 is 0 Å². The highest BCUT2D eigenvalue weighted by atomic mass is 16.5. The minimum atomic E-state index is -1.37. The van der Waals surface area contributed by atoms with Crippen molar-refractivity contribution in [1.82, 2.24) is 0 Å². The van der Waals surface area contributed by atoms with Gasteiger partial charge in [0, 0.05) is 0 Å². The van der Waals surface area contributed by atoms with E-state index in [-0.39, 0.29) is 0 Å². The lowest BCUT2D eigenvalue weighted by atomic mass is 9.90. The molecule has 128 valence electrons. The Kier molecular flexibility index (Phi) is 4.99. The fraction of sp³-hybridized carbons (Fsp3) is 0.368. The quantitative estimate of drug-likeness (QED) is 0.678. The van der Waals surface area contributed by atoms with E-state index < -0.39 is 37.1 Å². The van der Waals surface area contributed by atoms with E-state index >= 15 is 0 Å². The van der Waals surface area contributed by atoms with Gasteiger partial charge in [-0.2, -0.15) is 0 Å². The number of rotatable bonds is 3. The Balaban J connectivity index is 1.91. The molecule has 3 rings (SSSR count). The fourth-order valence-electron chi connectivity index (χ4n) is 3.02. The molecule has 2 aromatic rings. The van der Waals surface area contributed by atoms with Gasteiger partial charge in [-0.15, -0.1) is 0 Å². The second-order valence-corrected chi connectivity index (χ2v) is 6.24. The van der Waals surface area contributed by atoms with Gasteiger partial charge in [0.05, 0.1) is 6.61 Å². The second kappa shape index (κ2) is 7.01. The predicted molar refractivity (Wildman–Crippen MR) is 89.3 cm³/mol. The highest BCUT2D eigenvalue weighted by Crippen LogP contribution is 2.34. The van der Waals surface area contributed by atoms with Crippen LogP contribution in [0.2, 0.25) is 0 Å². The third kappa shape index (κ3) is 3.22. The summed E-state index contributed by atoms with van der Waals surface area (Å²) in [5, 5.41) is 39.4. The molecule has 1 heterocycles. The fourth-order valence-corrected chi connectivity index (χ4v) is 3.02. The van der Waals surface area contributed by atoms with Crippen molar-refractivity contribution < 1.29 is 25.2 Å². The minimum Gasteiger partial charge on any atom is -0.394 e. The zero-order valence-corrected chi connectivity index (χ0v) is 13.4. The molecule has 5 atom stereocenters. The van der Waals surface area contributed by atoms with Crippen molar-refractivity contribution in [2.24, 2.45) is 0 Å². The molecular formula is C19H22O5. The highest BCUT2D eigenvalue weighted by molar-refractivity contribution is 5.64. The van der Waals surface area contributed by atoms with Gasteiger partial charge in [-0.3, -0.25) is 0 Å². The van der Waals surface area contributed by atoms with Crippen molar-refractivity contribution in [1.29, 1.82) is 0 Å². The Labute approximate surface area is 140 Å². The smallest absolute Gasteiger partial charge is 0.113 e. The van der Waals surface area contributed by atoms with E-state index in [2.05, 4.69) is 0 Å². The number of hydrogen-bond acceptors (Lipinski definition) is 5. The van der Waals surface area contributed by atoms with Gasteiger partial charge in [-0.1, -0.05) is 48.0 Å². The maximum absolute atomic E-state index is 10.3. The van der Waals surface area contributed by atoms with E-state index in [1.165, 1.54) is 5.56 Å². The van der Waals surface area contributed by atoms with Gasteiger partial charge in [0.15, 0.2) is 0 Å². The first kappa shape index (κ1) is 17.1. The summed E-state index contributed by atoms with van der Waals surface area (Å²) in [6, 6.07) is 15.6.